The normalized spacial score (nSPS) is 29.2. The Kier molecular flexibility index (Phi) is 3.84. The predicted molar refractivity (Wildman–Crippen MR) is 76.2 cm³/mol. The maximum Gasteiger partial charge on any atom is 0.0721 e. The third-order valence-electron chi connectivity index (χ3n) is 4.89. The highest BCUT2D eigenvalue weighted by molar-refractivity contribution is 6.30. The van der Waals surface area contributed by atoms with Crippen molar-refractivity contribution < 1.29 is 9.84 Å². The van der Waals surface area contributed by atoms with E-state index in [9.17, 15) is 5.11 Å². The summed E-state index contributed by atoms with van der Waals surface area (Å²) in [5, 5.41) is 10.9. The molecular formula is C16H21ClO2. The average molecular weight is 281 g/mol. The largest absolute Gasteiger partial charge is 0.392 e. The van der Waals surface area contributed by atoms with Crippen molar-refractivity contribution >= 4 is 11.6 Å². The molecule has 3 rings (SSSR count). The molecule has 104 valence electrons. The van der Waals surface area contributed by atoms with Gasteiger partial charge in [-0.1, -0.05) is 43.0 Å². The SMILES string of the molecule is OC1CC(OCc2ccc(Cl)cc2)C12CCCCC2. The molecule has 0 radical (unpaired) electrons. The van der Waals surface area contributed by atoms with Gasteiger partial charge >= 0.3 is 0 Å². The smallest absolute Gasteiger partial charge is 0.0721 e. The molecule has 1 aromatic rings. The van der Waals surface area contributed by atoms with Gasteiger partial charge in [0, 0.05) is 16.9 Å². The lowest BCUT2D eigenvalue weighted by atomic mass is 9.56. The van der Waals surface area contributed by atoms with Crippen LogP contribution in [0.25, 0.3) is 0 Å². The zero-order valence-electron chi connectivity index (χ0n) is 11.1. The topological polar surface area (TPSA) is 29.5 Å². The van der Waals surface area contributed by atoms with E-state index in [2.05, 4.69) is 0 Å². The summed E-state index contributed by atoms with van der Waals surface area (Å²) in [6, 6.07) is 7.80. The second kappa shape index (κ2) is 5.43. The van der Waals surface area contributed by atoms with Gasteiger partial charge in [0.1, 0.15) is 0 Å². The summed E-state index contributed by atoms with van der Waals surface area (Å²) in [6.45, 7) is 0.621. The van der Waals surface area contributed by atoms with Crippen molar-refractivity contribution in [1.82, 2.24) is 0 Å². The van der Waals surface area contributed by atoms with E-state index in [1.165, 1.54) is 19.3 Å². The lowest BCUT2D eigenvalue weighted by molar-refractivity contribution is -0.210. The van der Waals surface area contributed by atoms with Gasteiger partial charge in [-0.05, 0) is 30.5 Å². The average Bonchev–Trinajstić information content (AvgIpc) is 2.46. The summed E-state index contributed by atoms with van der Waals surface area (Å²) in [4.78, 5) is 0. The molecule has 1 aromatic carbocycles. The van der Waals surface area contributed by atoms with E-state index in [0.29, 0.717) is 6.61 Å². The molecule has 2 atom stereocenters. The van der Waals surface area contributed by atoms with Gasteiger partial charge in [0.05, 0.1) is 18.8 Å². The first kappa shape index (κ1) is 13.4. The molecule has 1 N–H and O–H groups in total. The molecule has 2 aliphatic carbocycles. The molecule has 2 aliphatic rings. The van der Waals surface area contributed by atoms with Gasteiger partial charge in [0.15, 0.2) is 0 Å². The molecule has 3 heteroatoms. The Morgan fingerprint density at radius 1 is 1.16 bits per heavy atom. The molecule has 0 saturated heterocycles. The fourth-order valence-corrected chi connectivity index (χ4v) is 3.73. The summed E-state index contributed by atoms with van der Waals surface area (Å²) in [5.41, 5.74) is 1.21. The monoisotopic (exact) mass is 280 g/mol. The quantitative estimate of drug-likeness (QED) is 0.909. The molecule has 2 unspecified atom stereocenters. The van der Waals surface area contributed by atoms with Gasteiger partial charge in [-0.25, -0.2) is 0 Å². The van der Waals surface area contributed by atoms with Crippen LogP contribution in [0.3, 0.4) is 0 Å². The predicted octanol–water partition coefficient (Wildman–Crippen LogP) is 3.94. The summed E-state index contributed by atoms with van der Waals surface area (Å²) in [6.07, 6.45) is 6.90. The Labute approximate surface area is 119 Å². The molecule has 2 nitrogen and oxygen atoms in total. The Morgan fingerprint density at radius 3 is 2.47 bits per heavy atom. The standard InChI is InChI=1S/C16H21ClO2/c17-13-6-4-12(5-7-13)11-19-15-10-14(18)16(15)8-2-1-3-9-16/h4-7,14-15,18H,1-3,8-11H2. The molecule has 0 bridgehead atoms. The third-order valence-corrected chi connectivity index (χ3v) is 5.14. The molecule has 0 amide bonds. The minimum atomic E-state index is -0.150. The maximum atomic E-state index is 10.1. The number of aliphatic hydroxyl groups is 1. The second-order valence-corrected chi connectivity index (χ2v) is 6.41. The molecule has 1 spiro atoms. The minimum Gasteiger partial charge on any atom is -0.392 e. The van der Waals surface area contributed by atoms with Gasteiger partial charge in [-0.15, -0.1) is 0 Å². The van der Waals surface area contributed by atoms with Crippen LogP contribution < -0.4 is 0 Å². The van der Waals surface area contributed by atoms with Gasteiger partial charge in [0.2, 0.25) is 0 Å². The minimum absolute atomic E-state index is 0.0602. The zero-order valence-corrected chi connectivity index (χ0v) is 11.9. The van der Waals surface area contributed by atoms with Crippen LogP contribution in [0.4, 0.5) is 0 Å². The van der Waals surface area contributed by atoms with Crippen molar-refractivity contribution in [3.63, 3.8) is 0 Å². The van der Waals surface area contributed by atoms with Crippen LogP contribution in [0.2, 0.25) is 5.02 Å². The van der Waals surface area contributed by atoms with Crippen LogP contribution in [0.5, 0.6) is 0 Å². The zero-order chi connectivity index (χ0) is 13.3. The molecule has 2 saturated carbocycles. The Morgan fingerprint density at radius 2 is 1.84 bits per heavy atom. The van der Waals surface area contributed by atoms with Crippen molar-refractivity contribution in [2.45, 2.75) is 57.3 Å². The third kappa shape index (κ3) is 2.54. The van der Waals surface area contributed by atoms with E-state index in [-0.39, 0.29) is 17.6 Å². The first-order chi connectivity index (χ1) is 9.21. The highest BCUT2D eigenvalue weighted by Crippen LogP contribution is 2.53. The van der Waals surface area contributed by atoms with Crippen molar-refractivity contribution in [2.24, 2.45) is 5.41 Å². The molecule has 0 aromatic heterocycles. The Hall–Kier alpha value is -0.570. The molecule has 19 heavy (non-hydrogen) atoms. The fraction of sp³-hybridized carbons (Fsp3) is 0.625. The first-order valence-corrected chi connectivity index (χ1v) is 7.63. The van der Waals surface area contributed by atoms with Crippen LogP contribution in [0.1, 0.15) is 44.1 Å². The van der Waals surface area contributed by atoms with Crippen molar-refractivity contribution in [1.29, 1.82) is 0 Å². The summed E-state index contributed by atoms with van der Waals surface area (Å²) < 4.78 is 6.06. The lowest BCUT2D eigenvalue weighted by Gasteiger charge is -2.55. The number of aliphatic hydroxyl groups excluding tert-OH is 1. The van der Waals surface area contributed by atoms with Crippen molar-refractivity contribution in [3.05, 3.63) is 34.9 Å². The van der Waals surface area contributed by atoms with Gasteiger partial charge in [-0.3, -0.25) is 0 Å². The van der Waals surface area contributed by atoms with Gasteiger partial charge in [0.25, 0.3) is 0 Å². The summed E-state index contributed by atoms with van der Waals surface area (Å²) >= 11 is 5.87. The van der Waals surface area contributed by atoms with Crippen molar-refractivity contribution in [2.75, 3.05) is 0 Å². The van der Waals surface area contributed by atoms with E-state index >= 15 is 0 Å². The highest BCUT2D eigenvalue weighted by Gasteiger charge is 2.55. The van der Waals surface area contributed by atoms with Crippen LogP contribution in [0, 0.1) is 5.41 Å². The number of halogens is 1. The van der Waals surface area contributed by atoms with Crippen LogP contribution in [-0.4, -0.2) is 17.3 Å². The van der Waals surface area contributed by atoms with Crippen molar-refractivity contribution in [3.8, 4) is 0 Å². The lowest BCUT2D eigenvalue weighted by Crippen LogP contribution is -2.58. The molecule has 0 heterocycles. The molecule has 2 fully saturated rings. The van der Waals surface area contributed by atoms with Gasteiger partial charge < -0.3 is 9.84 Å². The number of ether oxygens (including phenoxy) is 1. The second-order valence-electron chi connectivity index (χ2n) is 5.97. The van der Waals surface area contributed by atoms with Gasteiger partial charge in [-0.2, -0.15) is 0 Å². The summed E-state index contributed by atoms with van der Waals surface area (Å²) in [5.74, 6) is 0. The Bertz CT molecular complexity index is 423. The number of hydrogen-bond acceptors (Lipinski definition) is 2. The van der Waals surface area contributed by atoms with Crippen LogP contribution >= 0.6 is 11.6 Å². The maximum absolute atomic E-state index is 10.1. The fourth-order valence-electron chi connectivity index (χ4n) is 3.60. The molecular weight excluding hydrogens is 260 g/mol. The molecule has 0 aliphatic heterocycles. The van der Waals surface area contributed by atoms with E-state index in [0.717, 1.165) is 29.8 Å². The number of benzene rings is 1. The van der Waals surface area contributed by atoms with E-state index in [1.807, 2.05) is 24.3 Å². The first-order valence-electron chi connectivity index (χ1n) is 7.25. The number of hydrogen-bond donors (Lipinski definition) is 1. The van der Waals surface area contributed by atoms with E-state index < -0.39 is 0 Å². The Balaban J connectivity index is 1.59. The van der Waals surface area contributed by atoms with Crippen LogP contribution in [0.15, 0.2) is 24.3 Å². The summed E-state index contributed by atoms with van der Waals surface area (Å²) in [7, 11) is 0. The van der Waals surface area contributed by atoms with E-state index in [4.69, 9.17) is 16.3 Å². The van der Waals surface area contributed by atoms with E-state index in [1.54, 1.807) is 0 Å². The highest BCUT2D eigenvalue weighted by atomic mass is 35.5. The number of rotatable bonds is 3. The van der Waals surface area contributed by atoms with Crippen LogP contribution in [-0.2, 0) is 11.3 Å².